The molecule has 0 bridgehead atoms. The Hall–Kier alpha value is -1.80. The molecule has 8 heteroatoms. The predicted octanol–water partition coefficient (Wildman–Crippen LogP) is 3.31. The Morgan fingerprint density at radius 1 is 1.27 bits per heavy atom. The zero-order valence-corrected chi connectivity index (χ0v) is 18.4. The summed E-state index contributed by atoms with van der Waals surface area (Å²) in [6, 6.07) is 3.27. The van der Waals surface area contributed by atoms with Gasteiger partial charge in [0.05, 0.1) is 23.4 Å². The summed E-state index contributed by atoms with van der Waals surface area (Å²) in [5.41, 5.74) is 1.61. The molecule has 4 heterocycles. The molecule has 2 saturated heterocycles. The number of aromatic nitrogens is 3. The average Bonchev–Trinajstić information content (AvgIpc) is 3.14. The molecular formula is C22H31FN4O2S. The van der Waals surface area contributed by atoms with Crippen LogP contribution in [0.2, 0.25) is 0 Å². The van der Waals surface area contributed by atoms with E-state index in [1.54, 1.807) is 30.1 Å². The van der Waals surface area contributed by atoms with Crippen LogP contribution in [-0.2, 0) is 16.4 Å². The first kappa shape index (κ1) is 21.4. The van der Waals surface area contributed by atoms with Gasteiger partial charge in [-0.25, -0.2) is 12.8 Å². The van der Waals surface area contributed by atoms with E-state index in [2.05, 4.69) is 15.4 Å². The Morgan fingerprint density at radius 2 is 2.03 bits per heavy atom. The second-order valence-corrected chi connectivity index (χ2v) is 11.2. The van der Waals surface area contributed by atoms with Crippen LogP contribution in [-0.4, -0.2) is 47.8 Å². The van der Waals surface area contributed by atoms with E-state index in [9.17, 15) is 12.8 Å². The van der Waals surface area contributed by atoms with Gasteiger partial charge in [-0.05, 0) is 50.3 Å². The lowest BCUT2D eigenvalue weighted by atomic mass is 9.91. The topological polar surface area (TPSA) is 76.9 Å². The van der Waals surface area contributed by atoms with Crippen LogP contribution in [0.1, 0.15) is 39.0 Å². The van der Waals surface area contributed by atoms with Crippen LogP contribution in [0.15, 0.2) is 30.7 Å². The number of sulfone groups is 1. The third kappa shape index (κ3) is 5.27. The molecule has 164 valence electrons. The molecule has 2 aromatic heterocycles. The SMILES string of the molecule is C1C[C@@H]2C[C@@H]2C1.CCn1ccc(-c2cncc(F)c2)n1.O=S1(=O)CC2(CCNC2)C1. The number of pyridine rings is 1. The van der Waals surface area contributed by atoms with Crippen molar-refractivity contribution in [3.8, 4) is 11.3 Å². The summed E-state index contributed by atoms with van der Waals surface area (Å²) in [6.45, 7) is 4.71. The third-order valence-electron chi connectivity index (χ3n) is 6.57. The lowest BCUT2D eigenvalue weighted by Gasteiger charge is -2.36. The Bertz CT molecular complexity index is 947. The minimum atomic E-state index is -2.61. The fraction of sp³-hybridized carbons (Fsp3) is 0.636. The fourth-order valence-electron chi connectivity index (χ4n) is 4.84. The molecule has 0 aromatic carbocycles. The van der Waals surface area contributed by atoms with E-state index in [1.165, 1.54) is 30.5 Å². The van der Waals surface area contributed by atoms with Gasteiger partial charge < -0.3 is 5.32 Å². The maximum Gasteiger partial charge on any atom is 0.151 e. The van der Waals surface area contributed by atoms with Crippen LogP contribution in [0.4, 0.5) is 4.39 Å². The highest BCUT2D eigenvalue weighted by Crippen LogP contribution is 2.51. The first-order valence-electron chi connectivity index (χ1n) is 10.9. The van der Waals surface area contributed by atoms with Crippen LogP contribution in [0, 0.1) is 23.1 Å². The van der Waals surface area contributed by atoms with Gasteiger partial charge in [0.1, 0.15) is 5.82 Å². The predicted molar refractivity (Wildman–Crippen MR) is 115 cm³/mol. The largest absolute Gasteiger partial charge is 0.316 e. The maximum atomic E-state index is 12.8. The Morgan fingerprint density at radius 3 is 2.50 bits per heavy atom. The standard InChI is InChI=1S/C10H10FN3.C6H11NO2S.C6H10/c1-2-14-4-3-10(13-14)8-5-9(11)7-12-6-8;8-10(9)4-6(5-10)1-2-7-3-6;1-2-5-4-6(5)3-1/h3-7H,2H2,1H3;7H,1-5H2;5-6H,1-4H2/t;;5-,6+. The zero-order chi connectivity index (χ0) is 21.2. The highest BCUT2D eigenvalue weighted by Gasteiger charge is 2.49. The van der Waals surface area contributed by atoms with Crippen LogP contribution >= 0.6 is 0 Å². The minimum absolute atomic E-state index is 0.152. The monoisotopic (exact) mass is 434 g/mol. The molecule has 2 saturated carbocycles. The van der Waals surface area contributed by atoms with Gasteiger partial charge in [0.25, 0.3) is 0 Å². The first-order chi connectivity index (χ1) is 14.4. The van der Waals surface area contributed by atoms with Crippen molar-refractivity contribution in [2.24, 2.45) is 17.3 Å². The van der Waals surface area contributed by atoms with Crippen molar-refractivity contribution < 1.29 is 12.8 Å². The van der Waals surface area contributed by atoms with Crippen molar-refractivity contribution in [2.45, 2.75) is 45.6 Å². The van der Waals surface area contributed by atoms with Gasteiger partial charge in [-0.2, -0.15) is 5.10 Å². The molecule has 2 aliphatic carbocycles. The number of nitrogens with one attached hydrogen (secondary N) is 1. The highest BCUT2D eigenvalue weighted by molar-refractivity contribution is 7.92. The molecule has 2 atom stereocenters. The zero-order valence-electron chi connectivity index (χ0n) is 17.6. The Kier molecular flexibility index (Phi) is 6.25. The van der Waals surface area contributed by atoms with Gasteiger partial charge in [-0.15, -0.1) is 0 Å². The Balaban J connectivity index is 0.000000117. The smallest absolute Gasteiger partial charge is 0.151 e. The normalized spacial score (nSPS) is 26.6. The second kappa shape index (κ2) is 8.75. The van der Waals surface area contributed by atoms with Crippen molar-refractivity contribution in [2.75, 3.05) is 24.6 Å². The average molecular weight is 435 g/mol. The van der Waals surface area contributed by atoms with Crippen LogP contribution in [0.5, 0.6) is 0 Å². The number of hydrogen-bond acceptors (Lipinski definition) is 5. The molecule has 6 rings (SSSR count). The van der Waals surface area contributed by atoms with Gasteiger partial charge >= 0.3 is 0 Å². The number of aryl methyl sites for hydroxylation is 1. The fourth-order valence-corrected chi connectivity index (χ4v) is 7.11. The molecule has 0 amide bonds. The molecule has 1 N–H and O–H groups in total. The van der Waals surface area contributed by atoms with Crippen molar-refractivity contribution in [1.29, 1.82) is 0 Å². The van der Waals surface area contributed by atoms with Crippen LogP contribution < -0.4 is 5.32 Å². The molecule has 0 radical (unpaired) electrons. The molecule has 2 aliphatic heterocycles. The molecule has 2 aromatic rings. The van der Waals surface area contributed by atoms with Gasteiger partial charge in [0, 0.05) is 36.5 Å². The molecule has 30 heavy (non-hydrogen) atoms. The van der Waals surface area contributed by atoms with Crippen molar-refractivity contribution in [3.05, 3.63) is 36.5 Å². The Labute approximate surface area is 178 Å². The van der Waals surface area contributed by atoms with E-state index in [4.69, 9.17) is 0 Å². The number of fused-ring (bicyclic) bond motifs is 1. The van der Waals surface area contributed by atoms with E-state index in [-0.39, 0.29) is 11.2 Å². The molecule has 6 nitrogen and oxygen atoms in total. The number of hydrogen-bond donors (Lipinski definition) is 1. The summed E-state index contributed by atoms with van der Waals surface area (Å²) in [7, 11) is -2.61. The number of nitrogens with zero attached hydrogens (tertiary/aromatic N) is 3. The van der Waals surface area contributed by atoms with Gasteiger partial charge in [-0.3, -0.25) is 9.67 Å². The summed E-state index contributed by atoms with van der Waals surface area (Å²) < 4.78 is 36.3. The number of rotatable bonds is 2. The van der Waals surface area contributed by atoms with Gasteiger partial charge in [0.2, 0.25) is 0 Å². The number of halogens is 1. The lowest BCUT2D eigenvalue weighted by Crippen LogP contribution is -2.49. The van der Waals surface area contributed by atoms with Crippen molar-refractivity contribution >= 4 is 9.84 Å². The minimum Gasteiger partial charge on any atom is -0.316 e. The lowest BCUT2D eigenvalue weighted by molar-refractivity contribution is 0.370. The molecule has 1 spiro atoms. The molecular weight excluding hydrogens is 403 g/mol. The summed E-state index contributed by atoms with van der Waals surface area (Å²) in [5, 5.41) is 7.44. The quantitative estimate of drug-likeness (QED) is 0.785. The summed E-state index contributed by atoms with van der Waals surface area (Å²) >= 11 is 0. The summed E-state index contributed by atoms with van der Waals surface area (Å²) in [6.07, 6.45) is 11.9. The maximum absolute atomic E-state index is 12.8. The van der Waals surface area contributed by atoms with Crippen molar-refractivity contribution in [3.63, 3.8) is 0 Å². The van der Waals surface area contributed by atoms with E-state index < -0.39 is 9.84 Å². The van der Waals surface area contributed by atoms with E-state index in [0.717, 1.165) is 31.7 Å². The van der Waals surface area contributed by atoms with Crippen molar-refractivity contribution in [1.82, 2.24) is 20.1 Å². The highest BCUT2D eigenvalue weighted by atomic mass is 32.2. The van der Waals surface area contributed by atoms with Crippen LogP contribution in [0.25, 0.3) is 11.3 Å². The summed E-state index contributed by atoms with van der Waals surface area (Å²) in [4.78, 5) is 3.77. The van der Waals surface area contributed by atoms with E-state index in [0.29, 0.717) is 17.1 Å². The third-order valence-corrected chi connectivity index (χ3v) is 8.67. The second-order valence-electron chi connectivity index (χ2n) is 9.09. The first-order valence-corrected chi connectivity index (χ1v) is 12.8. The van der Waals surface area contributed by atoms with E-state index >= 15 is 0 Å². The summed E-state index contributed by atoms with van der Waals surface area (Å²) in [5.74, 6) is 2.93. The van der Waals surface area contributed by atoms with Crippen LogP contribution in [0.3, 0.4) is 0 Å². The van der Waals surface area contributed by atoms with E-state index in [1.807, 2.05) is 19.2 Å². The molecule has 4 fully saturated rings. The molecule has 0 unspecified atom stereocenters. The van der Waals surface area contributed by atoms with Gasteiger partial charge in [-0.1, -0.05) is 19.3 Å². The molecule has 4 aliphatic rings. The van der Waals surface area contributed by atoms with Gasteiger partial charge in [0.15, 0.2) is 9.84 Å².